The van der Waals surface area contributed by atoms with E-state index in [0.717, 1.165) is 19.5 Å². The van der Waals surface area contributed by atoms with Crippen molar-refractivity contribution in [2.24, 2.45) is 11.8 Å². The van der Waals surface area contributed by atoms with E-state index in [4.69, 9.17) is 22.4 Å². The summed E-state index contributed by atoms with van der Waals surface area (Å²) in [5.41, 5.74) is 0. The molecule has 0 radical (unpaired) electrons. The summed E-state index contributed by atoms with van der Waals surface area (Å²) in [6.45, 7) is 6.35. The fourth-order valence-corrected chi connectivity index (χ4v) is 1.87. The van der Waals surface area contributed by atoms with E-state index < -0.39 is 0 Å². The van der Waals surface area contributed by atoms with Crippen LogP contribution in [0.3, 0.4) is 0 Å². The highest BCUT2D eigenvalue weighted by Gasteiger charge is 2.25. The quantitative estimate of drug-likeness (QED) is 0.565. The maximum absolute atomic E-state index is 7.79. The average Bonchev–Trinajstić information content (AvgIpc) is 2.62. The van der Waals surface area contributed by atoms with Gasteiger partial charge in [0, 0.05) is 13.1 Å². The molecule has 0 saturated carbocycles. The van der Waals surface area contributed by atoms with Gasteiger partial charge >= 0.3 is 0 Å². The Bertz CT molecular complexity index is 284. The van der Waals surface area contributed by atoms with Crippen molar-refractivity contribution in [2.75, 3.05) is 13.1 Å². The number of halogens is 1. The summed E-state index contributed by atoms with van der Waals surface area (Å²) < 4.78 is 0. The smallest absolute Gasteiger partial charge is 0.120 e. The van der Waals surface area contributed by atoms with Crippen LogP contribution in [-0.4, -0.2) is 29.0 Å². The lowest BCUT2D eigenvalue weighted by molar-refractivity contribution is 0.389. The molecular weight excluding hydrogens is 210 g/mol. The van der Waals surface area contributed by atoms with Crippen LogP contribution in [0.2, 0.25) is 0 Å². The van der Waals surface area contributed by atoms with Crippen LogP contribution in [0, 0.1) is 22.7 Å². The van der Waals surface area contributed by atoms with E-state index in [9.17, 15) is 0 Å². The lowest BCUT2D eigenvalue weighted by atomic mass is 9.95. The van der Waals surface area contributed by atoms with Crippen molar-refractivity contribution < 1.29 is 0 Å². The van der Waals surface area contributed by atoms with Crippen molar-refractivity contribution >= 4 is 22.6 Å². The minimum absolute atomic E-state index is 0.0284. The SMILES string of the molecule is CC(C)[C@H]1CCN(C(=N)/C=C\C(=N)Cl)C1. The van der Waals surface area contributed by atoms with Crippen LogP contribution in [0.25, 0.3) is 0 Å². The predicted molar refractivity (Wildman–Crippen MR) is 65.0 cm³/mol. The molecule has 0 aromatic rings. The average molecular weight is 228 g/mol. The first-order chi connectivity index (χ1) is 7.00. The van der Waals surface area contributed by atoms with E-state index >= 15 is 0 Å². The van der Waals surface area contributed by atoms with E-state index in [-0.39, 0.29) is 5.17 Å². The standard InChI is InChI=1S/C11H18ClN3/c1-8(2)9-5-6-15(7-9)11(14)4-3-10(12)13/h3-4,8-9,13-14H,5-7H2,1-2H3/b4-3-,13-10?,14-11?/t9-/m0/s1. The molecule has 15 heavy (non-hydrogen) atoms. The second kappa shape index (κ2) is 5.31. The minimum atomic E-state index is -0.0284. The highest BCUT2D eigenvalue weighted by Crippen LogP contribution is 2.23. The Hall–Kier alpha value is -0.830. The van der Waals surface area contributed by atoms with Gasteiger partial charge in [-0.1, -0.05) is 25.4 Å². The van der Waals surface area contributed by atoms with Gasteiger partial charge in [-0.05, 0) is 30.4 Å². The van der Waals surface area contributed by atoms with Crippen molar-refractivity contribution in [3.8, 4) is 0 Å². The lowest BCUT2D eigenvalue weighted by Gasteiger charge is -2.18. The van der Waals surface area contributed by atoms with E-state index in [2.05, 4.69) is 13.8 Å². The first kappa shape index (κ1) is 12.2. The second-order valence-corrected chi connectivity index (χ2v) is 4.71. The molecule has 84 valence electrons. The minimum Gasteiger partial charge on any atom is -0.357 e. The van der Waals surface area contributed by atoms with E-state index in [1.54, 1.807) is 6.08 Å². The normalized spacial score (nSPS) is 21.6. The van der Waals surface area contributed by atoms with Crippen LogP contribution in [0.1, 0.15) is 20.3 Å². The molecule has 1 atom stereocenters. The Balaban J connectivity index is 2.47. The molecule has 1 saturated heterocycles. The van der Waals surface area contributed by atoms with Gasteiger partial charge in [0.05, 0.1) is 0 Å². The molecule has 0 aromatic carbocycles. The third-order valence-corrected chi connectivity index (χ3v) is 3.02. The molecule has 0 bridgehead atoms. The fraction of sp³-hybridized carbons (Fsp3) is 0.636. The molecule has 1 aliphatic heterocycles. The molecular formula is C11H18ClN3. The van der Waals surface area contributed by atoms with Crippen molar-refractivity contribution in [3.63, 3.8) is 0 Å². The Labute approximate surface area is 96.1 Å². The first-order valence-corrected chi connectivity index (χ1v) is 5.64. The number of rotatable bonds is 3. The van der Waals surface area contributed by atoms with Crippen LogP contribution >= 0.6 is 11.6 Å². The van der Waals surface area contributed by atoms with Crippen molar-refractivity contribution in [3.05, 3.63) is 12.2 Å². The molecule has 0 amide bonds. The molecule has 2 N–H and O–H groups in total. The van der Waals surface area contributed by atoms with Gasteiger partial charge in [0.25, 0.3) is 0 Å². The van der Waals surface area contributed by atoms with Gasteiger partial charge in [-0.25, -0.2) is 0 Å². The third kappa shape index (κ3) is 3.67. The Kier molecular flexibility index (Phi) is 4.33. The summed E-state index contributed by atoms with van der Waals surface area (Å²) in [6, 6.07) is 0. The van der Waals surface area contributed by atoms with Gasteiger partial charge in [-0.2, -0.15) is 0 Å². The molecule has 3 nitrogen and oxygen atoms in total. The summed E-state index contributed by atoms with van der Waals surface area (Å²) in [5, 5.41) is 14.8. The second-order valence-electron chi connectivity index (χ2n) is 4.31. The summed E-state index contributed by atoms with van der Waals surface area (Å²) in [5.74, 6) is 1.83. The molecule has 0 spiro atoms. The number of hydrogen-bond acceptors (Lipinski definition) is 2. The van der Waals surface area contributed by atoms with Crippen molar-refractivity contribution in [2.45, 2.75) is 20.3 Å². The van der Waals surface area contributed by atoms with Crippen LogP contribution < -0.4 is 0 Å². The number of hydrogen-bond donors (Lipinski definition) is 2. The number of allylic oxidation sites excluding steroid dienone is 1. The molecule has 4 heteroatoms. The zero-order chi connectivity index (χ0) is 11.4. The Morgan fingerprint density at radius 3 is 2.53 bits per heavy atom. The van der Waals surface area contributed by atoms with Crippen LogP contribution in [0.5, 0.6) is 0 Å². The van der Waals surface area contributed by atoms with E-state index in [0.29, 0.717) is 17.7 Å². The van der Waals surface area contributed by atoms with Crippen molar-refractivity contribution in [1.29, 1.82) is 10.8 Å². The largest absolute Gasteiger partial charge is 0.357 e. The third-order valence-electron chi connectivity index (χ3n) is 2.90. The molecule has 1 aliphatic rings. The van der Waals surface area contributed by atoms with Gasteiger partial charge in [0.15, 0.2) is 0 Å². The molecule has 1 rings (SSSR count). The van der Waals surface area contributed by atoms with E-state index in [1.165, 1.54) is 6.08 Å². The summed E-state index contributed by atoms with van der Waals surface area (Å²) in [7, 11) is 0. The van der Waals surface area contributed by atoms with Crippen LogP contribution in [0.15, 0.2) is 12.2 Å². The topological polar surface area (TPSA) is 50.9 Å². The summed E-state index contributed by atoms with van der Waals surface area (Å²) in [4.78, 5) is 2.04. The van der Waals surface area contributed by atoms with E-state index in [1.807, 2.05) is 4.90 Å². The molecule has 0 unspecified atom stereocenters. The predicted octanol–water partition coefficient (Wildman–Crippen LogP) is 2.71. The lowest BCUT2D eigenvalue weighted by Crippen LogP contribution is -2.27. The van der Waals surface area contributed by atoms with Gasteiger partial charge in [0.2, 0.25) is 0 Å². The number of likely N-dealkylation sites (tertiary alicyclic amines) is 1. The fourth-order valence-electron chi connectivity index (χ4n) is 1.81. The highest BCUT2D eigenvalue weighted by atomic mass is 35.5. The zero-order valence-electron chi connectivity index (χ0n) is 9.26. The van der Waals surface area contributed by atoms with Crippen molar-refractivity contribution in [1.82, 2.24) is 4.90 Å². The monoisotopic (exact) mass is 227 g/mol. The zero-order valence-corrected chi connectivity index (χ0v) is 10.0. The maximum Gasteiger partial charge on any atom is 0.120 e. The maximum atomic E-state index is 7.79. The molecule has 1 fully saturated rings. The summed E-state index contributed by atoms with van der Waals surface area (Å²) >= 11 is 5.39. The van der Waals surface area contributed by atoms with Gasteiger partial charge in [0.1, 0.15) is 11.0 Å². The number of amidine groups is 1. The molecule has 0 aromatic heterocycles. The van der Waals surface area contributed by atoms with Crippen LogP contribution in [-0.2, 0) is 0 Å². The number of nitrogens with zero attached hydrogens (tertiary/aromatic N) is 1. The van der Waals surface area contributed by atoms with Gasteiger partial charge in [-0.3, -0.25) is 10.8 Å². The van der Waals surface area contributed by atoms with Crippen LogP contribution in [0.4, 0.5) is 0 Å². The van der Waals surface area contributed by atoms with Gasteiger partial charge in [-0.15, -0.1) is 0 Å². The Morgan fingerprint density at radius 2 is 2.07 bits per heavy atom. The molecule has 0 aliphatic carbocycles. The van der Waals surface area contributed by atoms with Gasteiger partial charge < -0.3 is 4.90 Å². The molecule has 1 heterocycles. The highest BCUT2D eigenvalue weighted by molar-refractivity contribution is 6.67. The number of nitrogens with one attached hydrogen (secondary N) is 2. The first-order valence-electron chi connectivity index (χ1n) is 5.26. The Morgan fingerprint density at radius 1 is 1.40 bits per heavy atom. The summed E-state index contributed by atoms with van der Waals surface area (Å²) in [6.07, 6.45) is 4.21.